The highest BCUT2D eigenvalue weighted by Crippen LogP contribution is 2.34. The van der Waals surface area contributed by atoms with E-state index in [1.807, 2.05) is 12.1 Å². The summed E-state index contributed by atoms with van der Waals surface area (Å²) in [5.41, 5.74) is 1.14. The van der Waals surface area contributed by atoms with Crippen molar-refractivity contribution in [3.8, 4) is 11.5 Å². The summed E-state index contributed by atoms with van der Waals surface area (Å²) in [6.07, 6.45) is 2.98. The van der Waals surface area contributed by atoms with Crippen molar-refractivity contribution in [1.82, 2.24) is 9.21 Å². The monoisotopic (exact) mass is 340 g/mol. The van der Waals surface area contributed by atoms with Gasteiger partial charge in [0, 0.05) is 38.3 Å². The van der Waals surface area contributed by atoms with Crippen LogP contribution in [0.4, 0.5) is 0 Å². The number of ether oxygens (including phenoxy) is 2. The summed E-state index contributed by atoms with van der Waals surface area (Å²) in [7, 11) is -1.44. The Morgan fingerprint density at radius 1 is 1.22 bits per heavy atom. The Balaban J connectivity index is 1.61. The minimum absolute atomic E-state index is 0.102. The van der Waals surface area contributed by atoms with Gasteiger partial charge >= 0.3 is 0 Å². The molecule has 2 aliphatic rings. The van der Waals surface area contributed by atoms with E-state index in [0.717, 1.165) is 49.5 Å². The van der Waals surface area contributed by atoms with E-state index in [-0.39, 0.29) is 6.04 Å². The van der Waals surface area contributed by atoms with Crippen molar-refractivity contribution in [2.75, 3.05) is 39.6 Å². The average molecular weight is 340 g/mol. The first kappa shape index (κ1) is 16.5. The molecule has 23 heavy (non-hydrogen) atoms. The van der Waals surface area contributed by atoms with Crippen LogP contribution in [0.15, 0.2) is 18.2 Å². The lowest BCUT2D eigenvalue weighted by atomic mass is 10.0. The summed E-state index contributed by atoms with van der Waals surface area (Å²) in [5.74, 6) is 1.68. The Labute approximate surface area is 138 Å². The third-order valence-electron chi connectivity index (χ3n) is 4.64. The van der Waals surface area contributed by atoms with Gasteiger partial charge in [0.25, 0.3) is 0 Å². The molecule has 0 unspecified atom stereocenters. The van der Waals surface area contributed by atoms with Crippen molar-refractivity contribution >= 4 is 10.0 Å². The van der Waals surface area contributed by atoms with Crippen LogP contribution in [0.2, 0.25) is 0 Å². The smallest absolute Gasteiger partial charge is 0.211 e. The first-order valence-corrected chi connectivity index (χ1v) is 9.83. The van der Waals surface area contributed by atoms with E-state index in [1.165, 1.54) is 10.6 Å². The number of benzene rings is 1. The molecule has 0 N–H and O–H groups in total. The lowest BCUT2D eigenvalue weighted by Crippen LogP contribution is -2.45. The van der Waals surface area contributed by atoms with Gasteiger partial charge in [0.2, 0.25) is 10.0 Å². The molecule has 128 valence electrons. The summed E-state index contributed by atoms with van der Waals surface area (Å²) < 4.78 is 36.2. The van der Waals surface area contributed by atoms with Gasteiger partial charge < -0.3 is 9.47 Å². The van der Waals surface area contributed by atoms with Crippen LogP contribution >= 0.6 is 0 Å². The van der Waals surface area contributed by atoms with Gasteiger partial charge in [-0.15, -0.1) is 0 Å². The van der Waals surface area contributed by atoms with Gasteiger partial charge in [-0.3, -0.25) is 4.90 Å². The minimum atomic E-state index is -3.11. The second kappa shape index (κ2) is 6.67. The summed E-state index contributed by atoms with van der Waals surface area (Å²) in [6, 6.07) is 6.10. The van der Waals surface area contributed by atoms with E-state index in [0.29, 0.717) is 13.2 Å². The molecule has 0 radical (unpaired) electrons. The molecule has 2 aliphatic heterocycles. The van der Waals surface area contributed by atoms with Crippen molar-refractivity contribution < 1.29 is 17.9 Å². The number of nitrogens with zero attached hydrogens (tertiary/aromatic N) is 2. The zero-order chi connectivity index (χ0) is 16.4. The van der Waals surface area contributed by atoms with E-state index in [9.17, 15) is 8.42 Å². The maximum atomic E-state index is 11.6. The third-order valence-corrected chi connectivity index (χ3v) is 5.98. The van der Waals surface area contributed by atoms with Gasteiger partial charge in [-0.05, 0) is 18.9 Å². The van der Waals surface area contributed by atoms with Crippen molar-refractivity contribution in [2.45, 2.75) is 25.4 Å². The number of rotatable bonds is 4. The maximum Gasteiger partial charge on any atom is 0.211 e. The summed E-state index contributed by atoms with van der Waals surface area (Å²) >= 11 is 0. The standard InChI is InChI=1S/C16H24N2O4S/c1-17(23(2,19)20)14-6-8-18(9-7-14)12-13-4-3-5-15-16(13)22-11-10-21-15/h3-5,14H,6-12H2,1-2H3. The molecule has 0 aromatic heterocycles. The molecular formula is C16H24N2O4S. The molecule has 1 saturated heterocycles. The molecule has 0 saturated carbocycles. The highest BCUT2D eigenvalue weighted by molar-refractivity contribution is 7.88. The SMILES string of the molecule is CN(C1CCN(Cc2cccc3c2OCCO3)CC1)S(C)(=O)=O. The summed E-state index contributed by atoms with van der Waals surface area (Å²) in [6.45, 7) is 3.76. The second-order valence-electron chi connectivity index (χ2n) is 6.23. The molecule has 7 heteroatoms. The largest absolute Gasteiger partial charge is 0.486 e. The fourth-order valence-electron chi connectivity index (χ4n) is 3.21. The minimum Gasteiger partial charge on any atom is -0.486 e. The molecule has 0 bridgehead atoms. The van der Waals surface area contributed by atoms with Crippen LogP contribution in [0, 0.1) is 0 Å². The molecule has 2 heterocycles. The molecule has 0 atom stereocenters. The Morgan fingerprint density at radius 3 is 2.61 bits per heavy atom. The normalized spacial score (nSPS) is 20.0. The van der Waals surface area contributed by atoms with Crippen molar-refractivity contribution in [2.24, 2.45) is 0 Å². The lowest BCUT2D eigenvalue weighted by Gasteiger charge is -2.36. The Bertz CT molecular complexity index is 654. The Morgan fingerprint density at radius 2 is 1.91 bits per heavy atom. The fourth-order valence-corrected chi connectivity index (χ4v) is 3.96. The van der Waals surface area contributed by atoms with Gasteiger partial charge in [0.05, 0.1) is 6.26 Å². The summed E-state index contributed by atoms with van der Waals surface area (Å²) in [5, 5.41) is 0. The zero-order valence-corrected chi connectivity index (χ0v) is 14.5. The van der Waals surface area contributed by atoms with Crippen LogP contribution in [-0.2, 0) is 16.6 Å². The highest BCUT2D eigenvalue weighted by Gasteiger charge is 2.27. The van der Waals surface area contributed by atoms with E-state index < -0.39 is 10.0 Å². The molecule has 3 rings (SSSR count). The number of sulfonamides is 1. The Hall–Kier alpha value is -1.31. The molecule has 1 aromatic rings. The van der Waals surface area contributed by atoms with Crippen LogP contribution in [0.25, 0.3) is 0 Å². The number of piperidine rings is 1. The molecule has 0 amide bonds. The third kappa shape index (κ3) is 3.79. The van der Waals surface area contributed by atoms with E-state index in [4.69, 9.17) is 9.47 Å². The average Bonchev–Trinajstić information content (AvgIpc) is 2.54. The zero-order valence-electron chi connectivity index (χ0n) is 13.7. The van der Waals surface area contributed by atoms with E-state index in [1.54, 1.807) is 7.05 Å². The topological polar surface area (TPSA) is 59.1 Å². The first-order valence-electron chi connectivity index (χ1n) is 7.98. The number of hydrogen-bond acceptors (Lipinski definition) is 5. The van der Waals surface area contributed by atoms with Crippen molar-refractivity contribution in [1.29, 1.82) is 0 Å². The van der Waals surface area contributed by atoms with Gasteiger partial charge in [-0.25, -0.2) is 12.7 Å². The molecule has 1 aromatic carbocycles. The molecule has 0 spiro atoms. The van der Waals surface area contributed by atoms with Gasteiger partial charge in [-0.1, -0.05) is 12.1 Å². The lowest BCUT2D eigenvalue weighted by molar-refractivity contribution is 0.151. The first-order chi connectivity index (χ1) is 10.9. The number of fused-ring (bicyclic) bond motifs is 1. The maximum absolute atomic E-state index is 11.6. The van der Waals surface area contributed by atoms with Gasteiger partial charge in [0.1, 0.15) is 13.2 Å². The summed E-state index contributed by atoms with van der Waals surface area (Å²) in [4.78, 5) is 2.35. The van der Waals surface area contributed by atoms with Gasteiger partial charge in [-0.2, -0.15) is 0 Å². The number of hydrogen-bond donors (Lipinski definition) is 0. The Kier molecular flexibility index (Phi) is 4.79. The predicted molar refractivity (Wildman–Crippen MR) is 88.3 cm³/mol. The molecule has 6 nitrogen and oxygen atoms in total. The molecular weight excluding hydrogens is 316 g/mol. The van der Waals surface area contributed by atoms with Crippen molar-refractivity contribution in [3.63, 3.8) is 0 Å². The highest BCUT2D eigenvalue weighted by atomic mass is 32.2. The van der Waals surface area contributed by atoms with Crippen LogP contribution < -0.4 is 9.47 Å². The number of para-hydroxylation sites is 1. The van der Waals surface area contributed by atoms with Crippen LogP contribution in [0.3, 0.4) is 0 Å². The fraction of sp³-hybridized carbons (Fsp3) is 0.625. The number of likely N-dealkylation sites (tertiary alicyclic amines) is 1. The second-order valence-corrected chi connectivity index (χ2v) is 8.27. The van der Waals surface area contributed by atoms with E-state index in [2.05, 4.69) is 11.0 Å². The quantitative estimate of drug-likeness (QED) is 0.827. The predicted octanol–water partition coefficient (Wildman–Crippen LogP) is 1.31. The van der Waals surface area contributed by atoms with Gasteiger partial charge in [0.15, 0.2) is 11.5 Å². The van der Waals surface area contributed by atoms with Crippen LogP contribution in [0.1, 0.15) is 18.4 Å². The van der Waals surface area contributed by atoms with Crippen molar-refractivity contribution in [3.05, 3.63) is 23.8 Å². The molecule has 1 fully saturated rings. The van der Waals surface area contributed by atoms with Crippen LogP contribution in [0.5, 0.6) is 11.5 Å². The molecule has 0 aliphatic carbocycles. The van der Waals surface area contributed by atoms with E-state index >= 15 is 0 Å². The van der Waals surface area contributed by atoms with Crippen LogP contribution in [-0.4, -0.2) is 63.3 Å².